The third-order valence-electron chi connectivity index (χ3n) is 5.17. The summed E-state index contributed by atoms with van der Waals surface area (Å²) >= 11 is 0. The highest BCUT2D eigenvalue weighted by Crippen LogP contribution is 2.40. The van der Waals surface area contributed by atoms with E-state index in [1.165, 1.54) is 43.5 Å². The van der Waals surface area contributed by atoms with Crippen molar-refractivity contribution in [1.82, 2.24) is 9.97 Å². The van der Waals surface area contributed by atoms with E-state index in [2.05, 4.69) is 36.0 Å². The van der Waals surface area contributed by atoms with E-state index < -0.39 is 0 Å². The van der Waals surface area contributed by atoms with Gasteiger partial charge < -0.3 is 10.2 Å². The summed E-state index contributed by atoms with van der Waals surface area (Å²) in [6, 6.07) is 0.706. The molecule has 1 N–H and O–H groups in total. The first-order chi connectivity index (χ1) is 10.1. The zero-order chi connectivity index (χ0) is 15.0. The van der Waals surface area contributed by atoms with Crippen LogP contribution in [0.4, 0.5) is 11.6 Å². The van der Waals surface area contributed by atoms with Crippen molar-refractivity contribution in [3.63, 3.8) is 0 Å². The minimum absolute atomic E-state index is 0.362. The van der Waals surface area contributed by atoms with Gasteiger partial charge in [0, 0.05) is 31.1 Å². The molecule has 2 atom stereocenters. The van der Waals surface area contributed by atoms with Gasteiger partial charge >= 0.3 is 0 Å². The van der Waals surface area contributed by atoms with Crippen molar-refractivity contribution >= 4 is 11.6 Å². The molecule has 116 valence electrons. The summed E-state index contributed by atoms with van der Waals surface area (Å²) < 4.78 is 0. The summed E-state index contributed by atoms with van der Waals surface area (Å²) in [4.78, 5) is 12.2. The van der Waals surface area contributed by atoms with Crippen LogP contribution in [0.3, 0.4) is 0 Å². The van der Waals surface area contributed by atoms with E-state index in [4.69, 9.17) is 4.98 Å². The Hall–Kier alpha value is -1.32. The Balaban J connectivity index is 1.99. The Bertz CT molecular complexity index is 512. The fourth-order valence-electron chi connectivity index (χ4n) is 3.97. The Morgan fingerprint density at radius 2 is 1.90 bits per heavy atom. The summed E-state index contributed by atoms with van der Waals surface area (Å²) in [5.74, 6) is 4.37. The zero-order valence-electron chi connectivity index (χ0n) is 13.8. The topological polar surface area (TPSA) is 41.1 Å². The number of rotatable bonds is 3. The first kappa shape index (κ1) is 14.6. The number of fused-ring (bicyclic) bond motifs is 1. The van der Waals surface area contributed by atoms with Gasteiger partial charge in [-0.25, -0.2) is 9.97 Å². The van der Waals surface area contributed by atoms with E-state index in [0.717, 1.165) is 24.1 Å². The van der Waals surface area contributed by atoms with Crippen molar-refractivity contribution in [2.24, 2.45) is 5.92 Å². The van der Waals surface area contributed by atoms with Crippen LogP contribution in [0.5, 0.6) is 0 Å². The molecule has 4 heteroatoms. The fourth-order valence-corrected chi connectivity index (χ4v) is 3.97. The molecule has 2 aliphatic rings. The van der Waals surface area contributed by atoms with Crippen LogP contribution in [0, 0.1) is 12.8 Å². The molecule has 21 heavy (non-hydrogen) atoms. The maximum atomic E-state index is 4.93. The smallest absolute Gasteiger partial charge is 0.137 e. The van der Waals surface area contributed by atoms with E-state index in [9.17, 15) is 0 Å². The lowest BCUT2D eigenvalue weighted by Gasteiger charge is -2.33. The highest BCUT2D eigenvalue weighted by molar-refractivity contribution is 5.59. The highest BCUT2D eigenvalue weighted by atomic mass is 15.3. The average molecular weight is 288 g/mol. The van der Waals surface area contributed by atoms with E-state index in [1.54, 1.807) is 0 Å². The third-order valence-corrected chi connectivity index (χ3v) is 5.17. The maximum absolute atomic E-state index is 4.93. The van der Waals surface area contributed by atoms with Crippen molar-refractivity contribution in [2.45, 2.75) is 64.8 Å². The predicted octanol–water partition coefficient (Wildman–Crippen LogP) is 3.72. The molecule has 1 aliphatic carbocycles. The minimum Gasteiger partial charge on any atom is -0.373 e. The number of anilines is 2. The molecule has 2 fully saturated rings. The van der Waals surface area contributed by atoms with E-state index in [1.807, 2.05) is 7.05 Å². The molecule has 4 nitrogen and oxygen atoms in total. The number of nitrogens with one attached hydrogen (secondary N) is 1. The van der Waals surface area contributed by atoms with Crippen LogP contribution in [0.2, 0.25) is 0 Å². The molecule has 2 heterocycles. The third kappa shape index (κ3) is 2.60. The van der Waals surface area contributed by atoms with Crippen molar-refractivity contribution in [3.05, 3.63) is 11.4 Å². The molecule has 0 amide bonds. The molecule has 0 aromatic carbocycles. The second kappa shape index (κ2) is 5.82. The Kier molecular flexibility index (Phi) is 4.05. The summed E-state index contributed by atoms with van der Waals surface area (Å²) in [5.41, 5.74) is 1.20. The van der Waals surface area contributed by atoms with Crippen molar-refractivity contribution in [2.75, 3.05) is 23.8 Å². The highest BCUT2D eigenvalue weighted by Gasteiger charge is 2.37. The first-order valence-corrected chi connectivity index (χ1v) is 8.44. The van der Waals surface area contributed by atoms with Crippen molar-refractivity contribution in [3.8, 4) is 0 Å². The minimum atomic E-state index is 0.362. The summed E-state index contributed by atoms with van der Waals surface area (Å²) in [5, 5.41) is 3.25. The second-order valence-electron chi connectivity index (χ2n) is 6.88. The molecular weight excluding hydrogens is 260 g/mol. The van der Waals surface area contributed by atoms with Crippen molar-refractivity contribution < 1.29 is 0 Å². The van der Waals surface area contributed by atoms with Gasteiger partial charge in [0.15, 0.2) is 0 Å². The van der Waals surface area contributed by atoms with E-state index in [0.29, 0.717) is 12.0 Å². The van der Waals surface area contributed by atoms with Crippen LogP contribution in [-0.2, 0) is 0 Å². The molecule has 0 radical (unpaired) electrons. The van der Waals surface area contributed by atoms with Gasteiger partial charge in [-0.2, -0.15) is 0 Å². The first-order valence-electron chi connectivity index (χ1n) is 8.44. The van der Waals surface area contributed by atoms with Gasteiger partial charge in [0.2, 0.25) is 0 Å². The number of aromatic nitrogens is 2. The zero-order valence-corrected chi connectivity index (χ0v) is 13.8. The van der Waals surface area contributed by atoms with Gasteiger partial charge in [-0.1, -0.05) is 26.7 Å². The van der Waals surface area contributed by atoms with Gasteiger partial charge in [-0.05, 0) is 32.1 Å². The van der Waals surface area contributed by atoms with Gasteiger partial charge in [-0.15, -0.1) is 0 Å². The lowest BCUT2D eigenvalue weighted by atomic mass is 9.85. The average Bonchev–Trinajstić information content (AvgIpc) is 2.91. The molecule has 1 saturated heterocycles. The number of hydrogen-bond acceptors (Lipinski definition) is 4. The van der Waals surface area contributed by atoms with Crippen LogP contribution >= 0.6 is 0 Å². The quantitative estimate of drug-likeness (QED) is 0.920. The molecule has 0 spiro atoms. The number of hydrogen-bond donors (Lipinski definition) is 1. The Labute approximate surface area is 128 Å². The monoisotopic (exact) mass is 288 g/mol. The Morgan fingerprint density at radius 3 is 2.62 bits per heavy atom. The largest absolute Gasteiger partial charge is 0.373 e. The molecular formula is C17H28N4. The van der Waals surface area contributed by atoms with Crippen LogP contribution in [0.15, 0.2) is 0 Å². The standard InChI is InChI=1S/C17H28N4/c1-11(2)15-19-16(18-4)12(3)17(20-15)21-10-9-13-7-5-6-8-14(13)21/h11,13-14H,5-10H2,1-4H3,(H,18,19,20). The van der Waals surface area contributed by atoms with Crippen LogP contribution in [-0.4, -0.2) is 29.6 Å². The van der Waals surface area contributed by atoms with Crippen LogP contribution in [0.1, 0.15) is 63.3 Å². The fraction of sp³-hybridized carbons (Fsp3) is 0.765. The van der Waals surface area contributed by atoms with E-state index >= 15 is 0 Å². The van der Waals surface area contributed by atoms with Gasteiger partial charge in [0.1, 0.15) is 17.5 Å². The number of nitrogens with zero attached hydrogens (tertiary/aromatic N) is 3. The lowest BCUT2D eigenvalue weighted by molar-refractivity contribution is 0.341. The van der Waals surface area contributed by atoms with Crippen molar-refractivity contribution in [1.29, 1.82) is 0 Å². The summed E-state index contributed by atoms with van der Waals surface area (Å²) in [6.45, 7) is 7.65. The molecule has 1 aromatic rings. The molecule has 1 aromatic heterocycles. The SMILES string of the molecule is CNc1nc(C(C)C)nc(N2CCC3CCCCC32)c1C. The second-order valence-corrected chi connectivity index (χ2v) is 6.88. The normalized spacial score (nSPS) is 25.3. The van der Waals surface area contributed by atoms with Gasteiger partial charge in [0.05, 0.1) is 0 Å². The molecule has 1 aliphatic heterocycles. The maximum Gasteiger partial charge on any atom is 0.137 e. The molecule has 1 saturated carbocycles. The summed E-state index contributed by atoms with van der Waals surface area (Å²) in [6.07, 6.45) is 6.86. The molecule has 2 unspecified atom stereocenters. The van der Waals surface area contributed by atoms with E-state index in [-0.39, 0.29) is 0 Å². The summed E-state index contributed by atoms with van der Waals surface area (Å²) in [7, 11) is 1.95. The lowest BCUT2D eigenvalue weighted by Crippen LogP contribution is -2.36. The van der Waals surface area contributed by atoms with Crippen LogP contribution < -0.4 is 10.2 Å². The Morgan fingerprint density at radius 1 is 1.14 bits per heavy atom. The molecule has 0 bridgehead atoms. The predicted molar refractivity (Wildman–Crippen MR) is 88.1 cm³/mol. The van der Waals surface area contributed by atoms with Gasteiger partial charge in [0.25, 0.3) is 0 Å². The van der Waals surface area contributed by atoms with Gasteiger partial charge in [-0.3, -0.25) is 0 Å². The van der Waals surface area contributed by atoms with Crippen LogP contribution in [0.25, 0.3) is 0 Å². The molecule has 3 rings (SSSR count).